The molecule has 6 nitrogen and oxygen atoms in total. The van der Waals surface area contributed by atoms with Gasteiger partial charge in [0.1, 0.15) is 17.3 Å². The quantitative estimate of drug-likeness (QED) is 0.731. The normalized spacial score (nSPS) is 10.7. The van der Waals surface area contributed by atoms with E-state index in [-0.39, 0.29) is 12.0 Å². The summed E-state index contributed by atoms with van der Waals surface area (Å²) in [5.41, 5.74) is 0.986. The Labute approximate surface area is 155 Å². The number of rotatable bonds is 9. The molecule has 1 N–H and O–H groups in total. The smallest absolute Gasteiger partial charge is 0.275 e. The van der Waals surface area contributed by atoms with E-state index in [2.05, 4.69) is 34.0 Å². The molecule has 0 aliphatic heterocycles. The van der Waals surface area contributed by atoms with E-state index in [1.54, 1.807) is 6.20 Å². The number of hydrogen-bond donors (Lipinski definition) is 1. The van der Waals surface area contributed by atoms with Gasteiger partial charge >= 0.3 is 0 Å². The van der Waals surface area contributed by atoms with E-state index in [4.69, 9.17) is 4.74 Å². The van der Waals surface area contributed by atoms with Crippen LogP contribution in [0, 0.1) is 0 Å². The molecule has 1 heterocycles. The van der Waals surface area contributed by atoms with Crippen LogP contribution in [0.3, 0.4) is 0 Å². The second-order valence-electron chi connectivity index (χ2n) is 6.39. The fourth-order valence-corrected chi connectivity index (χ4v) is 2.57. The highest BCUT2D eigenvalue weighted by molar-refractivity contribution is 6.02. The van der Waals surface area contributed by atoms with Gasteiger partial charge in [0.25, 0.3) is 5.91 Å². The molecule has 0 aliphatic rings. The molecule has 0 bridgehead atoms. The zero-order valence-electron chi connectivity index (χ0n) is 16.0. The first kappa shape index (κ1) is 19.7. The molecule has 0 radical (unpaired) electrons. The van der Waals surface area contributed by atoms with Gasteiger partial charge < -0.3 is 15.0 Å². The summed E-state index contributed by atoms with van der Waals surface area (Å²) < 4.78 is 5.59. The maximum atomic E-state index is 12.4. The average Bonchev–Trinajstić information content (AvgIpc) is 2.63. The van der Waals surface area contributed by atoms with Gasteiger partial charge in [-0.05, 0) is 51.0 Å². The minimum atomic E-state index is -0.279. The molecule has 2 aromatic rings. The fraction of sp³-hybridized carbons (Fsp3) is 0.450. The highest BCUT2D eigenvalue weighted by atomic mass is 16.5. The second-order valence-corrected chi connectivity index (χ2v) is 6.39. The van der Waals surface area contributed by atoms with Crippen molar-refractivity contribution in [3.8, 4) is 5.75 Å². The maximum absolute atomic E-state index is 12.4. The lowest BCUT2D eigenvalue weighted by Gasteiger charge is -2.22. The zero-order chi connectivity index (χ0) is 18.9. The monoisotopic (exact) mass is 356 g/mol. The van der Waals surface area contributed by atoms with Gasteiger partial charge in [-0.1, -0.05) is 13.8 Å². The van der Waals surface area contributed by atoms with Crippen molar-refractivity contribution in [2.45, 2.75) is 46.6 Å². The average molecular weight is 356 g/mol. The zero-order valence-corrected chi connectivity index (χ0v) is 16.0. The summed E-state index contributed by atoms with van der Waals surface area (Å²) in [5.74, 6) is 1.30. The maximum Gasteiger partial charge on any atom is 0.275 e. The second kappa shape index (κ2) is 9.75. The SMILES string of the molecule is CCCN(CCC)c1cnc(C(=O)Nc2ccc(OC(C)C)cc2)cn1. The van der Waals surface area contributed by atoms with E-state index >= 15 is 0 Å². The first-order valence-electron chi connectivity index (χ1n) is 9.18. The molecule has 140 valence electrons. The summed E-state index contributed by atoms with van der Waals surface area (Å²) in [7, 11) is 0. The van der Waals surface area contributed by atoms with Crippen molar-refractivity contribution < 1.29 is 9.53 Å². The van der Waals surface area contributed by atoms with Crippen LogP contribution in [0.15, 0.2) is 36.7 Å². The lowest BCUT2D eigenvalue weighted by molar-refractivity contribution is 0.102. The predicted molar refractivity (Wildman–Crippen MR) is 105 cm³/mol. The lowest BCUT2D eigenvalue weighted by atomic mass is 10.3. The van der Waals surface area contributed by atoms with Gasteiger partial charge in [0.05, 0.1) is 18.5 Å². The summed E-state index contributed by atoms with van der Waals surface area (Å²) in [5, 5.41) is 2.83. The van der Waals surface area contributed by atoms with E-state index in [0.29, 0.717) is 11.4 Å². The minimum Gasteiger partial charge on any atom is -0.491 e. The van der Waals surface area contributed by atoms with Crippen LogP contribution < -0.4 is 15.0 Å². The number of ether oxygens (including phenoxy) is 1. The fourth-order valence-electron chi connectivity index (χ4n) is 2.57. The van der Waals surface area contributed by atoms with Crippen molar-refractivity contribution in [1.82, 2.24) is 9.97 Å². The van der Waals surface area contributed by atoms with Crippen molar-refractivity contribution in [3.05, 3.63) is 42.4 Å². The summed E-state index contributed by atoms with van der Waals surface area (Å²) in [4.78, 5) is 23.2. The van der Waals surface area contributed by atoms with Crippen LogP contribution in [0.25, 0.3) is 0 Å². The van der Waals surface area contributed by atoms with Gasteiger partial charge in [-0.2, -0.15) is 0 Å². The van der Waals surface area contributed by atoms with Gasteiger partial charge in [-0.15, -0.1) is 0 Å². The molecule has 0 unspecified atom stereocenters. The van der Waals surface area contributed by atoms with Crippen LogP contribution in [0.4, 0.5) is 11.5 Å². The Kier molecular flexibility index (Phi) is 7.38. The van der Waals surface area contributed by atoms with E-state index in [9.17, 15) is 4.79 Å². The Morgan fingerprint density at radius 1 is 1.08 bits per heavy atom. The third-order valence-corrected chi connectivity index (χ3v) is 3.67. The molecular formula is C20H28N4O2. The highest BCUT2D eigenvalue weighted by Crippen LogP contribution is 2.17. The molecule has 0 saturated carbocycles. The Morgan fingerprint density at radius 2 is 1.73 bits per heavy atom. The molecule has 1 aromatic heterocycles. The van der Waals surface area contributed by atoms with Crippen molar-refractivity contribution in [2.24, 2.45) is 0 Å². The molecule has 2 rings (SSSR count). The van der Waals surface area contributed by atoms with Crippen molar-refractivity contribution >= 4 is 17.4 Å². The molecule has 0 atom stereocenters. The van der Waals surface area contributed by atoms with E-state index in [1.807, 2.05) is 38.1 Å². The molecule has 0 spiro atoms. The standard InChI is InChI=1S/C20H28N4O2/c1-5-11-24(12-6-2)19-14-21-18(13-22-19)20(25)23-16-7-9-17(10-8-16)26-15(3)4/h7-10,13-15H,5-6,11-12H2,1-4H3,(H,23,25). The predicted octanol–water partition coefficient (Wildman–Crippen LogP) is 4.14. The number of nitrogens with zero attached hydrogens (tertiary/aromatic N) is 3. The topological polar surface area (TPSA) is 67.4 Å². The molecule has 0 fully saturated rings. The number of amides is 1. The molecule has 26 heavy (non-hydrogen) atoms. The van der Waals surface area contributed by atoms with Crippen molar-refractivity contribution in [1.29, 1.82) is 0 Å². The Morgan fingerprint density at radius 3 is 2.23 bits per heavy atom. The van der Waals surface area contributed by atoms with Crippen LogP contribution in [0.5, 0.6) is 5.75 Å². The van der Waals surface area contributed by atoms with Gasteiger partial charge in [0.15, 0.2) is 0 Å². The van der Waals surface area contributed by atoms with Crippen LogP contribution in [-0.4, -0.2) is 35.1 Å². The third kappa shape index (κ3) is 5.72. The van der Waals surface area contributed by atoms with Crippen molar-refractivity contribution in [2.75, 3.05) is 23.3 Å². The summed E-state index contributed by atoms with van der Waals surface area (Å²) in [6.45, 7) is 10.1. The van der Waals surface area contributed by atoms with E-state index < -0.39 is 0 Å². The summed E-state index contributed by atoms with van der Waals surface area (Å²) >= 11 is 0. The molecule has 0 saturated heterocycles. The van der Waals surface area contributed by atoms with Gasteiger partial charge in [-0.25, -0.2) is 9.97 Å². The van der Waals surface area contributed by atoms with E-state index in [0.717, 1.165) is 37.5 Å². The first-order valence-corrected chi connectivity index (χ1v) is 9.18. The number of carbonyl (C=O) groups excluding carboxylic acids is 1. The first-order chi connectivity index (χ1) is 12.5. The number of anilines is 2. The number of benzene rings is 1. The van der Waals surface area contributed by atoms with Crippen molar-refractivity contribution in [3.63, 3.8) is 0 Å². The number of carbonyl (C=O) groups is 1. The Balaban J connectivity index is 2.01. The molecule has 6 heteroatoms. The molecule has 0 aliphatic carbocycles. The minimum absolute atomic E-state index is 0.115. The summed E-state index contributed by atoms with van der Waals surface area (Å²) in [6, 6.07) is 7.28. The van der Waals surface area contributed by atoms with Crippen LogP contribution in [0.1, 0.15) is 51.0 Å². The molecular weight excluding hydrogens is 328 g/mol. The van der Waals surface area contributed by atoms with Gasteiger partial charge in [0, 0.05) is 18.8 Å². The molecule has 1 aromatic carbocycles. The van der Waals surface area contributed by atoms with Crippen LogP contribution >= 0.6 is 0 Å². The Hall–Kier alpha value is -2.63. The van der Waals surface area contributed by atoms with Crippen LogP contribution in [0.2, 0.25) is 0 Å². The summed E-state index contributed by atoms with van der Waals surface area (Å²) in [6.07, 6.45) is 5.39. The van der Waals surface area contributed by atoms with E-state index in [1.165, 1.54) is 6.20 Å². The number of hydrogen-bond acceptors (Lipinski definition) is 5. The number of aromatic nitrogens is 2. The Bertz CT molecular complexity index is 678. The highest BCUT2D eigenvalue weighted by Gasteiger charge is 2.11. The number of nitrogens with one attached hydrogen (secondary N) is 1. The van der Waals surface area contributed by atoms with Gasteiger partial charge in [0.2, 0.25) is 0 Å². The molecule has 1 amide bonds. The lowest BCUT2D eigenvalue weighted by Crippen LogP contribution is -2.26. The van der Waals surface area contributed by atoms with Gasteiger partial charge in [-0.3, -0.25) is 4.79 Å². The third-order valence-electron chi connectivity index (χ3n) is 3.67. The van der Waals surface area contributed by atoms with Crippen LogP contribution in [-0.2, 0) is 0 Å². The largest absolute Gasteiger partial charge is 0.491 e.